The van der Waals surface area contributed by atoms with Gasteiger partial charge in [-0.2, -0.15) is 0 Å². The van der Waals surface area contributed by atoms with Gasteiger partial charge in [-0.1, -0.05) is 20.3 Å². The monoisotopic (exact) mass is 384 g/mol. The van der Waals surface area contributed by atoms with Crippen LogP contribution in [0.1, 0.15) is 65.7 Å². The number of nitrogens with zero attached hydrogens (tertiary/aromatic N) is 2. The first-order chi connectivity index (χ1) is 12.6. The lowest BCUT2D eigenvalue weighted by Crippen LogP contribution is -2.46. The second-order valence-electron chi connectivity index (χ2n) is 7.96. The number of rotatable bonds is 8. The van der Waals surface area contributed by atoms with Crippen LogP contribution in [0, 0.1) is 5.92 Å². The third-order valence-electron chi connectivity index (χ3n) is 5.61. The van der Waals surface area contributed by atoms with Gasteiger partial charge in [0.05, 0.1) is 0 Å². The van der Waals surface area contributed by atoms with Crippen molar-refractivity contribution in [3.8, 4) is 0 Å². The van der Waals surface area contributed by atoms with Crippen LogP contribution in [0.15, 0.2) is 4.99 Å². The van der Waals surface area contributed by atoms with Gasteiger partial charge in [0.25, 0.3) is 0 Å². The Kier molecular flexibility index (Phi) is 9.97. The van der Waals surface area contributed by atoms with Crippen LogP contribution in [0.5, 0.6) is 0 Å². The highest BCUT2D eigenvalue weighted by Gasteiger charge is 2.26. The van der Waals surface area contributed by atoms with Gasteiger partial charge in [-0.3, -0.25) is 9.20 Å². The smallest absolute Gasteiger partial charge is 0.191 e. The summed E-state index contributed by atoms with van der Waals surface area (Å²) in [5.74, 6) is 2.56. The first-order valence-corrected chi connectivity index (χ1v) is 12.1. The van der Waals surface area contributed by atoms with Crippen molar-refractivity contribution in [2.24, 2.45) is 10.9 Å². The Morgan fingerprint density at radius 1 is 1.23 bits per heavy atom. The van der Waals surface area contributed by atoms with Gasteiger partial charge >= 0.3 is 0 Å². The summed E-state index contributed by atoms with van der Waals surface area (Å²) in [6.07, 6.45) is 8.30. The second-order valence-corrected chi connectivity index (χ2v) is 9.97. The van der Waals surface area contributed by atoms with Crippen molar-refractivity contribution < 1.29 is 4.21 Å². The molecule has 2 aliphatic rings. The molecule has 5 nitrogen and oxygen atoms in total. The zero-order valence-corrected chi connectivity index (χ0v) is 18.0. The lowest BCUT2D eigenvalue weighted by Gasteiger charge is -2.31. The van der Waals surface area contributed by atoms with Crippen LogP contribution in [0.3, 0.4) is 0 Å². The maximum Gasteiger partial charge on any atom is 0.191 e. The lowest BCUT2D eigenvalue weighted by atomic mass is 9.95. The molecule has 2 rings (SSSR count). The van der Waals surface area contributed by atoms with Crippen molar-refractivity contribution in [2.75, 3.05) is 38.5 Å². The van der Waals surface area contributed by atoms with Gasteiger partial charge in [0.2, 0.25) is 0 Å². The van der Waals surface area contributed by atoms with E-state index in [1.54, 1.807) is 0 Å². The van der Waals surface area contributed by atoms with Crippen LogP contribution in [0.2, 0.25) is 0 Å². The van der Waals surface area contributed by atoms with Crippen molar-refractivity contribution in [1.82, 2.24) is 15.5 Å². The summed E-state index contributed by atoms with van der Waals surface area (Å²) in [5, 5.41) is 7.34. The molecular weight excluding hydrogens is 344 g/mol. The number of likely N-dealkylation sites (tertiary alicyclic amines) is 1. The van der Waals surface area contributed by atoms with Crippen molar-refractivity contribution >= 4 is 16.8 Å². The van der Waals surface area contributed by atoms with Gasteiger partial charge in [-0.05, 0) is 64.5 Å². The highest BCUT2D eigenvalue weighted by molar-refractivity contribution is 7.85. The fourth-order valence-corrected chi connectivity index (χ4v) is 5.59. The summed E-state index contributed by atoms with van der Waals surface area (Å²) < 4.78 is 12.1. The third-order valence-corrected chi connectivity index (χ3v) is 7.35. The van der Waals surface area contributed by atoms with E-state index in [1.165, 1.54) is 32.4 Å². The highest BCUT2D eigenvalue weighted by atomic mass is 32.2. The molecule has 4 unspecified atom stereocenters. The van der Waals surface area contributed by atoms with Crippen molar-refractivity contribution in [3.05, 3.63) is 0 Å². The molecule has 2 N–H and O–H groups in total. The van der Waals surface area contributed by atoms with Crippen LogP contribution < -0.4 is 10.6 Å². The molecule has 1 aliphatic carbocycles. The molecule has 2 fully saturated rings. The van der Waals surface area contributed by atoms with Gasteiger partial charge in [0.1, 0.15) is 0 Å². The van der Waals surface area contributed by atoms with E-state index in [2.05, 4.69) is 29.4 Å². The van der Waals surface area contributed by atoms with Crippen molar-refractivity contribution in [3.63, 3.8) is 0 Å². The molecular formula is C20H40N4OS. The number of guanidine groups is 1. The Balaban J connectivity index is 1.75. The zero-order chi connectivity index (χ0) is 18.8. The van der Waals surface area contributed by atoms with Gasteiger partial charge in [-0.15, -0.1) is 0 Å². The van der Waals surface area contributed by atoms with Crippen molar-refractivity contribution in [1.29, 1.82) is 0 Å². The second kappa shape index (κ2) is 12.0. The Bertz CT molecular complexity index is 457. The molecule has 0 spiro atoms. The third kappa shape index (κ3) is 7.55. The zero-order valence-electron chi connectivity index (χ0n) is 17.1. The van der Waals surface area contributed by atoms with E-state index in [-0.39, 0.29) is 0 Å². The molecule has 0 radical (unpaired) electrons. The number of piperidine rings is 1. The first-order valence-electron chi connectivity index (χ1n) is 10.8. The number of aliphatic imine (C=N–C) groups is 1. The van der Waals surface area contributed by atoms with Gasteiger partial charge in [0.15, 0.2) is 5.96 Å². The summed E-state index contributed by atoms with van der Waals surface area (Å²) in [6.45, 7) is 11.9. The summed E-state index contributed by atoms with van der Waals surface area (Å²) in [5.41, 5.74) is 0. The van der Waals surface area contributed by atoms with E-state index in [1.807, 2.05) is 6.92 Å². The Labute approximate surface area is 163 Å². The Morgan fingerprint density at radius 2 is 2.08 bits per heavy atom. The topological polar surface area (TPSA) is 56.7 Å². The number of hydrogen-bond donors (Lipinski definition) is 2. The standard InChI is InChI=1S/C20H40N4OS/c1-4-21-20(22-12-8-14-24-13-7-9-17(3)16-24)23-18-10-6-11-19(15-18)26(25)5-2/h17-19H,4-16H2,1-3H3,(H2,21,22,23). The van der Waals surface area contributed by atoms with Crippen LogP contribution >= 0.6 is 0 Å². The molecule has 0 amide bonds. The largest absolute Gasteiger partial charge is 0.357 e. The van der Waals surface area contributed by atoms with E-state index in [4.69, 9.17) is 4.99 Å². The molecule has 0 aromatic heterocycles. The average molecular weight is 385 g/mol. The first kappa shape index (κ1) is 21.7. The Hall–Kier alpha value is -0.620. The molecule has 1 saturated heterocycles. The van der Waals surface area contributed by atoms with Gasteiger partial charge in [0, 0.05) is 47.5 Å². The quantitative estimate of drug-likeness (QED) is 0.384. The number of nitrogens with one attached hydrogen (secondary N) is 2. The summed E-state index contributed by atoms with van der Waals surface area (Å²) in [6, 6.07) is 0.407. The van der Waals surface area contributed by atoms with Crippen LogP contribution in [-0.4, -0.2) is 64.8 Å². The predicted octanol–water partition coefficient (Wildman–Crippen LogP) is 2.74. The van der Waals surface area contributed by atoms with Gasteiger partial charge < -0.3 is 15.5 Å². The fraction of sp³-hybridized carbons (Fsp3) is 0.950. The SMILES string of the molecule is CCNC(=NCCCN1CCCC(C)C1)NC1CCCC(S(=O)CC)C1. The predicted molar refractivity (Wildman–Crippen MR) is 113 cm³/mol. The summed E-state index contributed by atoms with van der Waals surface area (Å²) in [7, 11) is -0.671. The fourth-order valence-electron chi connectivity index (χ4n) is 4.24. The molecule has 152 valence electrons. The molecule has 1 heterocycles. The lowest BCUT2D eigenvalue weighted by molar-refractivity contribution is 0.183. The molecule has 0 aromatic rings. The van der Waals surface area contributed by atoms with Crippen LogP contribution in [0.4, 0.5) is 0 Å². The minimum absolute atomic E-state index is 0.357. The highest BCUT2D eigenvalue weighted by Crippen LogP contribution is 2.23. The van der Waals surface area contributed by atoms with E-state index in [0.29, 0.717) is 11.3 Å². The molecule has 4 atom stereocenters. The molecule has 1 saturated carbocycles. The minimum Gasteiger partial charge on any atom is -0.357 e. The van der Waals surface area contributed by atoms with E-state index < -0.39 is 10.8 Å². The summed E-state index contributed by atoms with van der Waals surface area (Å²) in [4.78, 5) is 7.39. The average Bonchev–Trinajstić information content (AvgIpc) is 2.65. The van der Waals surface area contributed by atoms with Crippen LogP contribution in [-0.2, 0) is 10.8 Å². The van der Waals surface area contributed by atoms with E-state index in [9.17, 15) is 4.21 Å². The normalized spacial score (nSPS) is 29.3. The maximum absolute atomic E-state index is 12.1. The van der Waals surface area contributed by atoms with Crippen LogP contribution in [0.25, 0.3) is 0 Å². The van der Waals surface area contributed by atoms with Gasteiger partial charge in [-0.25, -0.2) is 0 Å². The molecule has 0 aromatic carbocycles. The number of hydrogen-bond acceptors (Lipinski definition) is 3. The molecule has 26 heavy (non-hydrogen) atoms. The van der Waals surface area contributed by atoms with Crippen molar-refractivity contribution in [2.45, 2.75) is 77.0 Å². The minimum atomic E-state index is -0.671. The summed E-state index contributed by atoms with van der Waals surface area (Å²) >= 11 is 0. The molecule has 0 bridgehead atoms. The molecule has 1 aliphatic heterocycles. The Morgan fingerprint density at radius 3 is 2.81 bits per heavy atom. The maximum atomic E-state index is 12.1. The van der Waals surface area contributed by atoms with E-state index >= 15 is 0 Å². The molecule has 6 heteroatoms. The van der Waals surface area contributed by atoms with E-state index in [0.717, 1.165) is 62.9 Å².